The summed E-state index contributed by atoms with van der Waals surface area (Å²) in [6.45, 7) is 0. The highest BCUT2D eigenvalue weighted by Gasteiger charge is 2.22. The van der Waals surface area contributed by atoms with Crippen LogP contribution in [0, 0.1) is 15.9 Å². The van der Waals surface area contributed by atoms with Crippen molar-refractivity contribution in [1.29, 1.82) is 0 Å². The van der Waals surface area contributed by atoms with Gasteiger partial charge in [0, 0.05) is 12.5 Å². The molecule has 0 spiro atoms. The van der Waals surface area contributed by atoms with Crippen molar-refractivity contribution in [3.8, 4) is 0 Å². The first kappa shape index (κ1) is 12.6. The summed E-state index contributed by atoms with van der Waals surface area (Å²) in [5, 5.41) is 10.6. The molecule has 1 amide bonds. The highest BCUT2D eigenvalue weighted by Crippen LogP contribution is 2.24. The monoisotopic (exact) mass is 290 g/mol. The van der Waals surface area contributed by atoms with Crippen LogP contribution in [0.4, 0.5) is 10.1 Å². The Hall–Kier alpha value is -1.50. The third-order valence-electron chi connectivity index (χ3n) is 1.98. The minimum atomic E-state index is -0.830. The molecule has 0 bridgehead atoms. The zero-order valence-electron chi connectivity index (χ0n) is 8.02. The Morgan fingerprint density at radius 3 is 2.75 bits per heavy atom. The van der Waals surface area contributed by atoms with Crippen molar-refractivity contribution in [1.82, 2.24) is 0 Å². The summed E-state index contributed by atoms with van der Waals surface area (Å²) in [5.41, 5.74) is 4.49. The molecule has 0 fully saturated rings. The number of nitro groups is 1. The smallest absolute Gasteiger partial charge is 0.275 e. The lowest BCUT2D eigenvalue weighted by Crippen LogP contribution is -2.25. The number of nitrogens with two attached hydrogens (primary N) is 1. The zero-order chi connectivity index (χ0) is 12.3. The van der Waals surface area contributed by atoms with Crippen LogP contribution in [0.1, 0.15) is 5.56 Å². The summed E-state index contributed by atoms with van der Waals surface area (Å²) >= 11 is 2.93. The molecule has 0 aliphatic heterocycles. The largest absolute Gasteiger partial charge is 0.369 e. The van der Waals surface area contributed by atoms with Crippen molar-refractivity contribution in [2.75, 3.05) is 0 Å². The second-order valence-corrected chi connectivity index (χ2v) is 4.17. The van der Waals surface area contributed by atoms with Crippen LogP contribution in [-0.2, 0) is 11.2 Å². The van der Waals surface area contributed by atoms with Gasteiger partial charge in [0.15, 0.2) is 0 Å². The van der Waals surface area contributed by atoms with Crippen LogP contribution in [0.25, 0.3) is 0 Å². The van der Waals surface area contributed by atoms with E-state index < -0.39 is 21.5 Å². The van der Waals surface area contributed by atoms with Gasteiger partial charge >= 0.3 is 0 Å². The predicted molar refractivity (Wildman–Crippen MR) is 58.7 cm³/mol. The lowest BCUT2D eigenvalue weighted by Gasteiger charge is -2.07. The van der Waals surface area contributed by atoms with Crippen molar-refractivity contribution >= 4 is 27.5 Å². The van der Waals surface area contributed by atoms with Crippen molar-refractivity contribution in [3.63, 3.8) is 0 Å². The number of amides is 1. The Balaban J connectivity index is 3.11. The SMILES string of the molecule is NC(=O)C(Br)Cc1c(F)cccc1[N+](=O)[O-]. The fourth-order valence-corrected chi connectivity index (χ4v) is 1.52. The highest BCUT2D eigenvalue weighted by atomic mass is 79.9. The molecule has 1 rings (SSSR count). The van der Waals surface area contributed by atoms with E-state index in [2.05, 4.69) is 15.9 Å². The number of alkyl halides is 1. The van der Waals surface area contributed by atoms with Crippen LogP contribution in [0.15, 0.2) is 18.2 Å². The average Bonchev–Trinajstić information content (AvgIpc) is 2.20. The van der Waals surface area contributed by atoms with E-state index in [-0.39, 0.29) is 17.7 Å². The summed E-state index contributed by atoms with van der Waals surface area (Å²) in [4.78, 5) is 19.9. The van der Waals surface area contributed by atoms with Crippen LogP contribution < -0.4 is 5.73 Å². The molecule has 86 valence electrons. The van der Waals surface area contributed by atoms with E-state index in [1.54, 1.807) is 0 Å². The maximum atomic E-state index is 13.4. The van der Waals surface area contributed by atoms with Crippen molar-refractivity contribution in [3.05, 3.63) is 39.7 Å². The normalized spacial score (nSPS) is 12.1. The average molecular weight is 291 g/mol. The Bertz CT molecular complexity index is 439. The van der Waals surface area contributed by atoms with Gasteiger partial charge in [0.2, 0.25) is 5.91 Å². The van der Waals surface area contributed by atoms with Crippen LogP contribution in [0.2, 0.25) is 0 Å². The van der Waals surface area contributed by atoms with Gasteiger partial charge in [0.05, 0.1) is 15.3 Å². The number of halogens is 2. The van der Waals surface area contributed by atoms with Crippen molar-refractivity contribution < 1.29 is 14.1 Å². The summed E-state index contributed by atoms with van der Waals surface area (Å²) in [6.07, 6.45) is -0.154. The number of carbonyl (C=O) groups is 1. The molecule has 7 heteroatoms. The number of hydrogen-bond acceptors (Lipinski definition) is 3. The molecule has 1 atom stereocenters. The molecule has 0 saturated carbocycles. The van der Waals surface area contributed by atoms with Crippen LogP contribution in [-0.4, -0.2) is 15.7 Å². The van der Waals surface area contributed by atoms with E-state index >= 15 is 0 Å². The standard InChI is InChI=1S/C9H8BrFN2O3/c10-6(9(12)14)4-5-7(11)2-1-3-8(5)13(15)16/h1-3,6H,4H2,(H2,12,14). The predicted octanol–water partition coefficient (Wildman–Crippen LogP) is 1.53. The molecular weight excluding hydrogens is 283 g/mol. The van der Waals surface area contributed by atoms with Gasteiger partial charge in [0.1, 0.15) is 5.82 Å². The molecule has 16 heavy (non-hydrogen) atoms. The van der Waals surface area contributed by atoms with Gasteiger partial charge in [0.25, 0.3) is 5.69 Å². The highest BCUT2D eigenvalue weighted by molar-refractivity contribution is 9.10. The minimum absolute atomic E-state index is 0.131. The molecule has 0 aliphatic carbocycles. The van der Waals surface area contributed by atoms with E-state index in [9.17, 15) is 19.3 Å². The number of rotatable bonds is 4. The molecule has 0 radical (unpaired) electrons. The van der Waals surface area contributed by atoms with Gasteiger partial charge in [-0.05, 0) is 6.07 Å². The second kappa shape index (κ2) is 5.02. The fourth-order valence-electron chi connectivity index (χ4n) is 1.20. The van der Waals surface area contributed by atoms with E-state index in [0.717, 1.165) is 6.07 Å². The Kier molecular flexibility index (Phi) is 3.94. The van der Waals surface area contributed by atoms with E-state index in [1.165, 1.54) is 12.1 Å². The maximum absolute atomic E-state index is 13.4. The van der Waals surface area contributed by atoms with Crippen LogP contribution in [0.3, 0.4) is 0 Å². The number of nitro benzene ring substituents is 1. The third kappa shape index (κ3) is 2.75. The summed E-state index contributed by atoms with van der Waals surface area (Å²) in [7, 11) is 0. The van der Waals surface area contributed by atoms with Gasteiger partial charge in [-0.15, -0.1) is 0 Å². The number of nitrogens with zero attached hydrogens (tertiary/aromatic N) is 1. The number of hydrogen-bond donors (Lipinski definition) is 1. The topological polar surface area (TPSA) is 86.2 Å². The molecule has 0 heterocycles. The number of benzene rings is 1. The van der Waals surface area contributed by atoms with Gasteiger partial charge in [-0.3, -0.25) is 14.9 Å². The molecule has 0 saturated heterocycles. The second-order valence-electron chi connectivity index (χ2n) is 3.07. The molecule has 1 aromatic rings. The first-order valence-corrected chi connectivity index (χ1v) is 5.20. The minimum Gasteiger partial charge on any atom is -0.369 e. The Morgan fingerprint density at radius 1 is 1.62 bits per heavy atom. The van der Waals surface area contributed by atoms with Crippen molar-refractivity contribution in [2.24, 2.45) is 5.73 Å². The Morgan fingerprint density at radius 2 is 2.25 bits per heavy atom. The Labute approximate surface area is 98.7 Å². The first-order chi connectivity index (χ1) is 7.43. The molecule has 1 aromatic carbocycles. The molecule has 0 aromatic heterocycles. The van der Waals surface area contributed by atoms with Gasteiger partial charge < -0.3 is 5.73 Å². The number of carbonyl (C=O) groups excluding carboxylic acids is 1. The van der Waals surface area contributed by atoms with Crippen LogP contribution in [0.5, 0.6) is 0 Å². The zero-order valence-corrected chi connectivity index (χ0v) is 9.61. The fraction of sp³-hybridized carbons (Fsp3) is 0.222. The maximum Gasteiger partial charge on any atom is 0.275 e. The summed E-state index contributed by atoms with van der Waals surface area (Å²) < 4.78 is 13.4. The summed E-state index contributed by atoms with van der Waals surface area (Å²) in [5.74, 6) is -1.42. The lowest BCUT2D eigenvalue weighted by molar-refractivity contribution is -0.385. The molecule has 0 aliphatic rings. The first-order valence-electron chi connectivity index (χ1n) is 4.28. The molecular formula is C9H8BrFN2O3. The van der Waals surface area contributed by atoms with E-state index in [4.69, 9.17) is 5.73 Å². The van der Waals surface area contributed by atoms with E-state index in [0.29, 0.717) is 0 Å². The molecule has 5 nitrogen and oxygen atoms in total. The van der Waals surface area contributed by atoms with Crippen molar-refractivity contribution in [2.45, 2.75) is 11.2 Å². The van der Waals surface area contributed by atoms with Gasteiger partial charge in [-0.2, -0.15) is 0 Å². The molecule has 1 unspecified atom stereocenters. The summed E-state index contributed by atoms with van der Waals surface area (Å²) in [6, 6.07) is 3.52. The van der Waals surface area contributed by atoms with Gasteiger partial charge in [-0.25, -0.2) is 4.39 Å². The molecule has 2 N–H and O–H groups in total. The quantitative estimate of drug-likeness (QED) is 0.518. The third-order valence-corrected chi connectivity index (χ3v) is 2.76. The van der Waals surface area contributed by atoms with Gasteiger partial charge in [-0.1, -0.05) is 22.0 Å². The van der Waals surface area contributed by atoms with E-state index in [1.807, 2.05) is 0 Å². The lowest BCUT2D eigenvalue weighted by atomic mass is 10.1. The van der Waals surface area contributed by atoms with Crippen LogP contribution >= 0.6 is 15.9 Å². The number of primary amides is 1.